The zero-order valence-electron chi connectivity index (χ0n) is 12.2. The number of amides is 1. The predicted molar refractivity (Wildman–Crippen MR) is 85.4 cm³/mol. The lowest BCUT2D eigenvalue weighted by molar-refractivity contribution is -0.120. The van der Waals surface area contributed by atoms with Crippen molar-refractivity contribution in [2.45, 2.75) is 30.5 Å². The van der Waals surface area contributed by atoms with E-state index in [4.69, 9.17) is 0 Å². The average molecular weight is 313 g/mol. The van der Waals surface area contributed by atoms with Gasteiger partial charge in [0.25, 0.3) is 0 Å². The van der Waals surface area contributed by atoms with Crippen molar-refractivity contribution in [3.05, 3.63) is 11.1 Å². The molecule has 1 fully saturated rings. The predicted octanol–water partition coefficient (Wildman–Crippen LogP) is 2.26. The van der Waals surface area contributed by atoms with Crippen LogP contribution >= 0.6 is 23.1 Å². The second-order valence-corrected chi connectivity index (χ2v) is 7.66. The molecule has 6 heteroatoms. The first-order valence-corrected chi connectivity index (χ1v) is 9.06. The first-order chi connectivity index (χ1) is 9.67. The van der Waals surface area contributed by atoms with Crippen LogP contribution in [0.15, 0.2) is 9.72 Å². The van der Waals surface area contributed by atoms with E-state index < -0.39 is 0 Å². The molecule has 112 valence electrons. The number of carbonyl (C=O) groups is 1. The lowest BCUT2D eigenvalue weighted by Gasteiger charge is -2.29. The van der Waals surface area contributed by atoms with Gasteiger partial charge in [-0.05, 0) is 38.1 Å². The van der Waals surface area contributed by atoms with E-state index in [1.807, 2.05) is 5.38 Å². The number of piperidine rings is 1. The molecule has 0 aliphatic carbocycles. The summed E-state index contributed by atoms with van der Waals surface area (Å²) in [6.45, 7) is 5.18. The zero-order valence-corrected chi connectivity index (χ0v) is 13.9. The lowest BCUT2D eigenvalue weighted by atomic mass is 9.98. The summed E-state index contributed by atoms with van der Waals surface area (Å²) in [6, 6.07) is 0. The van der Waals surface area contributed by atoms with Gasteiger partial charge in [-0.25, -0.2) is 4.98 Å². The van der Waals surface area contributed by atoms with Gasteiger partial charge in [-0.3, -0.25) is 4.79 Å². The molecule has 1 saturated heterocycles. The second-order valence-electron chi connectivity index (χ2n) is 5.29. The maximum atomic E-state index is 11.9. The van der Waals surface area contributed by atoms with E-state index in [-0.39, 0.29) is 5.91 Å². The highest BCUT2D eigenvalue weighted by atomic mass is 32.2. The highest BCUT2D eigenvalue weighted by Gasteiger charge is 2.18. The lowest BCUT2D eigenvalue weighted by Crippen LogP contribution is -2.39. The van der Waals surface area contributed by atoms with Gasteiger partial charge in [-0.15, -0.1) is 11.3 Å². The first kappa shape index (κ1) is 15.8. The molecule has 4 nitrogen and oxygen atoms in total. The SMILES string of the molecule is CCSc1nc(CC(=O)NC[C@H]2CCCN(C)C2)cs1. The smallest absolute Gasteiger partial charge is 0.226 e. The number of thiazole rings is 1. The number of thioether (sulfide) groups is 1. The zero-order chi connectivity index (χ0) is 14.4. The van der Waals surface area contributed by atoms with Gasteiger partial charge >= 0.3 is 0 Å². The topological polar surface area (TPSA) is 45.2 Å². The average Bonchev–Trinajstić information content (AvgIpc) is 2.84. The third-order valence-corrected chi connectivity index (χ3v) is 5.40. The molecule has 0 spiro atoms. The Labute approximate surface area is 129 Å². The first-order valence-electron chi connectivity index (χ1n) is 7.19. The monoisotopic (exact) mass is 313 g/mol. The van der Waals surface area contributed by atoms with Crippen LogP contribution in [0.1, 0.15) is 25.5 Å². The minimum atomic E-state index is 0.0941. The van der Waals surface area contributed by atoms with Crippen LogP contribution in [0.2, 0.25) is 0 Å². The molecule has 0 unspecified atom stereocenters. The van der Waals surface area contributed by atoms with Gasteiger partial charge in [-0.2, -0.15) is 0 Å². The van der Waals surface area contributed by atoms with Crippen LogP contribution in [-0.4, -0.2) is 48.2 Å². The Bertz CT molecular complexity index is 436. The highest BCUT2D eigenvalue weighted by Crippen LogP contribution is 2.22. The molecule has 1 atom stereocenters. The van der Waals surface area contributed by atoms with Gasteiger partial charge < -0.3 is 10.2 Å². The fraction of sp³-hybridized carbons (Fsp3) is 0.714. The molecule has 1 aromatic heterocycles. The van der Waals surface area contributed by atoms with Crippen molar-refractivity contribution in [3.63, 3.8) is 0 Å². The van der Waals surface area contributed by atoms with Crippen molar-refractivity contribution < 1.29 is 4.79 Å². The van der Waals surface area contributed by atoms with E-state index in [0.29, 0.717) is 12.3 Å². The molecule has 1 aromatic rings. The van der Waals surface area contributed by atoms with Crippen molar-refractivity contribution in [1.82, 2.24) is 15.2 Å². The van der Waals surface area contributed by atoms with Crippen molar-refractivity contribution >= 4 is 29.0 Å². The maximum Gasteiger partial charge on any atom is 0.226 e. The third kappa shape index (κ3) is 5.07. The Morgan fingerprint density at radius 3 is 3.25 bits per heavy atom. The summed E-state index contributed by atoms with van der Waals surface area (Å²) in [5.41, 5.74) is 0.893. The van der Waals surface area contributed by atoms with Crippen LogP contribution in [-0.2, 0) is 11.2 Å². The van der Waals surface area contributed by atoms with Crippen molar-refractivity contribution in [3.8, 4) is 0 Å². The highest BCUT2D eigenvalue weighted by molar-refractivity contribution is 8.00. The summed E-state index contributed by atoms with van der Waals surface area (Å²) < 4.78 is 1.06. The molecule has 1 aliphatic heterocycles. The van der Waals surface area contributed by atoms with Gasteiger partial charge in [0.1, 0.15) is 4.34 Å². The third-order valence-electron chi connectivity index (χ3n) is 3.45. The molecule has 0 bridgehead atoms. The molecule has 1 amide bonds. The molecule has 0 radical (unpaired) electrons. The number of aromatic nitrogens is 1. The Balaban J connectivity index is 1.71. The normalized spacial score (nSPS) is 20.0. The summed E-state index contributed by atoms with van der Waals surface area (Å²) in [5.74, 6) is 1.71. The quantitative estimate of drug-likeness (QED) is 0.818. The van der Waals surface area contributed by atoms with Gasteiger partial charge in [0.05, 0.1) is 12.1 Å². The van der Waals surface area contributed by atoms with Crippen LogP contribution in [0.3, 0.4) is 0 Å². The Hall–Kier alpha value is -0.590. The van der Waals surface area contributed by atoms with E-state index in [1.54, 1.807) is 23.1 Å². The van der Waals surface area contributed by atoms with Gasteiger partial charge in [0.2, 0.25) is 5.91 Å². The summed E-state index contributed by atoms with van der Waals surface area (Å²) in [4.78, 5) is 18.7. The number of rotatable bonds is 6. The second kappa shape index (κ2) is 8.00. The summed E-state index contributed by atoms with van der Waals surface area (Å²) in [7, 11) is 2.15. The molecule has 20 heavy (non-hydrogen) atoms. The number of carbonyl (C=O) groups excluding carboxylic acids is 1. The summed E-state index contributed by atoms with van der Waals surface area (Å²) in [5, 5.41) is 5.05. The molecule has 0 aromatic carbocycles. The minimum absolute atomic E-state index is 0.0941. The Morgan fingerprint density at radius 1 is 1.65 bits per heavy atom. The maximum absolute atomic E-state index is 11.9. The number of nitrogens with one attached hydrogen (secondary N) is 1. The van der Waals surface area contributed by atoms with E-state index in [9.17, 15) is 4.79 Å². The fourth-order valence-electron chi connectivity index (χ4n) is 2.48. The van der Waals surface area contributed by atoms with E-state index >= 15 is 0 Å². The van der Waals surface area contributed by atoms with Crippen LogP contribution < -0.4 is 5.32 Å². The van der Waals surface area contributed by atoms with E-state index in [1.165, 1.54) is 19.4 Å². The minimum Gasteiger partial charge on any atom is -0.355 e. The molecular weight excluding hydrogens is 290 g/mol. The van der Waals surface area contributed by atoms with Crippen molar-refractivity contribution in [2.75, 3.05) is 32.4 Å². The summed E-state index contributed by atoms with van der Waals surface area (Å²) in [6.07, 6.45) is 2.86. The number of nitrogens with zero attached hydrogens (tertiary/aromatic N) is 2. The van der Waals surface area contributed by atoms with E-state index in [2.05, 4.69) is 29.2 Å². The molecular formula is C14H23N3OS2. The Morgan fingerprint density at radius 2 is 2.50 bits per heavy atom. The molecule has 2 heterocycles. The number of likely N-dealkylation sites (tertiary alicyclic amines) is 1. The van der Waals surface area contributed by atoms with Crippen LogP contribution in [0.25, 0.3) is 0 Å². The largest absolute Gasteiger partial charge is 0.355 e. The van der Waals surface area contributed by atoms with E-state index in [0.717, 1.165) is 28.9 Å². The fourth-order valence-corrected chi connectivity index (χ4v) is 4.23. The van der Waals surface area contributed by atoms with Gasteiger partial charge in [0, 0.05) is 18.5 Å². The van der Waals surface area contributed by atoms with Crippen LogP contribution in [0.4, 0.5) is 0 Å². The van der Waals surface area contributed by atoms with Crippen LogP contribution in [0.5, 0.6) is 0 Å². The standard InChI is InChI=1S/C14H23N3OS2/c1-3-19-14-16-12(10-20-14)7-13(18)15-8-11-5-4-6-17(2)9-11/h10-11H,3-9H2,1-2H3,(H,15,18)/t11-/m1/s1. The molecule has 0 saturated carbocycles. The molecule has 1 N–H and O–H groups in total. The number of hydrogen-bond donors (Lipinski definition) is 1. The van der Waals surface area contributed by atoms with Crippen molar-refractivity contribution in [1.29, 1.82) is 0 Å². The molecule has 2 rings (SSSR count). The number of hydrogen-bond acceptors (Lipinski definition) is 5. The van der Waals surface area contributed by atoms with Gasteiger partial charge in [0.15, 0.2) is 0 Å². The molecule has 1 aliphatic rings. The summed E-state index contributed by atoms with van der Waals surface area (Å²) >= 11 is 3.36. The van der Waals surface area contributed by atoms with Crippen molar-refractivity contribution in [2.24, 2.45) is 5.92 Å². The Kier molecular flexibility index (Phi) is 6.32. The van der Waals surface area contributed by atoms with Crippen LogP contribution in [0, 0.1) is 5.92 Å². The van der Waals surface area contributed by atoms with Gasteiger partial charge in [-0.1, -0.05) is 18.7 Å².